The lowest BCUT2D eigenvalue weighted by Crippen LogP contribution is -2.60. The molecule has 10 nitrogen and oxygen atoms in total. The zero-order chi connectivity index (χ0) is 31.8. The molecule has 0 amide bonds. The topological polar surface area (TPSA) is 104 Å². The second-order valence-corrected chi connectivity index (χ2v) is 12.9. The van der Waals surface area contributed by atoms with Crippen LogP contribution in [0.25, 0.3) is 33.8 Å². The van der Waals surface area contributed by atoms with Gasteiger partial charge in [-0.05, 0) is 49.8 Å². The summed E-state index contributed by atoms with van der Waals surface area (Å²) < 4.78 is 50.0. The summed E-state index contributed by atoms with van der Waals surface area (Å²) in [5, 5.41) is 0.682. The number of halogens is 3. The molecule has 5 heterocycles. The van der Waals surface area contributed by atoms with Crippen LogP contribution in [0.5, 0.6) is 5.88 Å². The first-order chi connectivity index (χ1) is 22.1. The van der Waals surface area contributed by atoms with Crippen molar-refractivity contribution in [3.63, 3.8) is 0 Å². The number of alkyl halides is 3. The second-order valence-electron chi connectivity index (χ2n) is 12.9. The lowest BCUT2D eigenvalue weighted by molar-refractivity contribution is -0.141. The first-order valence-corrected chi connectivity index (χ1v) is 15.3. The van der Waals surface area contributed by atoms with Crippen molar-refractivity contribution in [1.82, 2.24) is 39.0 Å². The minimum atomic E-state index is -4.54. The number of nitrogens with zero attached hydrogens (tertiary/aromatic N) is 8. The molecule has 4 aromatic heterocycles. The molecule has 1 saturated heterocycles. The number of hydrogen-bond donors (Lipinski definition) is 0. The SMILES string of the molecule is COc1ncnc(C2CC2)c1-c1ncc2ccc(=O)n(Cc3ccc(-c4nc(C(F)(F)F)cn4C4CC5(C4)CN(C)C5)cc3)c2n1. The third-order valence-electron chi connectivity index (χ3n) is 9.46. The fourth-order valence-corrected chi connectivity index (χ4v) is 7.22. The number of fused-ring (bicyclic) bond motifs is 1. The molecule has 5 aromatic rings. The number of pyridine rings is 1. The van der Waals surface area contributed by atoms with Crippen LogP contribution in [-0.2, 0) is 12.7 Å². The van der Waals surface area contributed by atoms with E-state index in [1.54, 1.807) is 33.5 Å². The van der Waals surface area contributed by atoms with E-state index >= 15 is 0 Å². The van der Waals surface area contributed by atoms with E-state index in [-0.39, 0.29) is 29.5 Å². The van der Waals surface area contributed by atoms with E-state index in [1.165, 1.54) is 19.5 Å². The fraction of sp³-hybridized carbons (Fsp3) is 0.394. The molecule has 0 radical (unpaired) electrons. The van der Waals surface area contributed by atoms with Gasteiger partial charge in [-0.3, -0.25) is 9.36 Å². The zero-order valence-electron chi connectivity index (χ0n) is 25.3. The highest BCUT2D eigenvalue weighted by Gasteiger charge is 2.52. The van der Waals surface area contributed by atoms with Crippen molar-refractivity contribution in [1.29, 1.82) is 0 Å². The van der Waals surface area contributed by atoms with Crippen LogP contribution in [0.1, 0.15) is 54.6 Å². The first-order valence-electron chi connectivity index (χ1n) is 15.3. The number of methoxy groups -OCH3 is 1. The summed E-state index contributed by atoms with van der Waals surface area (Å²) in [5.74, 6) is 1.34. The molecule has 0 bridgehead atoms. The van der Waals surface area contributed by atoms with E-state index in [4.69, 9.17) is 9.72 Å². The Labute approximate surface area is 261 Å². The number of aromatic nitrogens is 7. The van der Waals surface area contributed by atoms with Gasteiger partial charge >= 0.3 is 6.18 Å². The largest absolute Gasteiger partial charge is 0.480 e. The summed E-state index contributed by atoms with van der Waals surface area (Å²) in [7, 11) is 3.60. The van der Waals surface area contributed by atoms with Gasteiger partial charge in [-0.25, -0.2) is 24.9 Å². The van der Waals surface area contributed by atoms with Crippen molar-refractivity contribution in [2.45, 2.75) is 50.4 Å². The Hall–Kier alpha value is -4.65. The Morgan fingerprint density at radius 3 is 2.43 bits per heavy atom. The Bertz CT molecular complexity index is 2020. The van der Waals surface area contributed by atoms with Crippen LogP contribution < -0.4 is 10.3 Å². The van der Waals surface area contributed by atoms with Crippen LogP contribution >= 0.6 is 0 Å². The number of imidazole rings is 1. The molecule has 46 heavy (non-hydrogen) atoms. The summed E-state index contributed by atoms with van der Waals surface area (Å²) in [5.41, 5.74) is 2.34. The summed E-state index contributed by atoms with van der Waals surface area (Å²) in [6.45, 7) is 2.15. The molecule has 3 aliphatic rings. The van der Waals surface area contributed by atoms with Crippen molar-refractivity contribution in [3.05, 3.63) is 82.4 Å². The molecule has 236 valence electrons. The van der Waals surface area contributed by atoms with E-state index < -0.39 is 11.9 Å². The van der Waals surface area contributed by atoms with Gasteiger partial charge in [0.1, 0.15) is 23.4 Å². The molecule has 2 saturated carbocycles. The van der Waals surface area contributed by atoms with Crippen LogP contribution in [0.3, 0.4) is 0 Å². The molecule has 0 unspecified atom stereocenters. The number of likely N-dealkylation sites (tertiary alicyclic amines) is 1. The summed E-state index contributed by atoms with van der Waals surface area (Å²) in [6.07, 6.45) is 3.46. The van der Waals surface area contributed by atoms with Gasteiger partial charge in [0.25, 0.3) is 5.56 Å². The Kier molecular flexibility index (Phi) is 6.54. The van der Waals surface area contributed by atoms with Crippen LogP contribution in [0.15, 0.2) is 59.9 Å². The lowest BCUT2D eigenvalue weighted by Gasteiger charge is -2.58. The maximum atomic E-state index is 13.7. The third-order valence-corrected chi connectivity index (χ3v) is 9.46. The van der Waals surface area contributed by atoms with E-state index in [0.29, 0.717) is 39.7 Å². The normalized spacial score (nSPS) is 18.1. The molecule has 0 atom stereocenters. The van der Waals surface area contributed by atoms with Gasteiger partial charge in [0.05, 0.1) is 19.3 Å². The van der Waals surface area contributed by atoms with E-state index in [9.17, 15) is 18.0 Å². The molecule has 1 aromatic carbocycles. The third kappa shape index (κ3) is 4.93. The Morgan fingerprint density at radius 1 is 1.00 bits per heavy atom. The molecular formula is C33H31F3N8O2. The average molecular weight is 629 g/mol. The predicted molar refractivity (Wildman–Crippen MR) is 163 cm³/mol. The minimum Gasteiger partial charge on any atom is -0.480 e. The maximum absolute atomic E-state index is 13.7. The lowest BCUT2D eigenvalue weighted by atomic mass is 9.60. The van der Waals surface area contributed by atoms with Crippen molar-refractivity contribution >= 4 is 11.0 Å². The minimum absolute atomic E-state index is 0.0239. The highest BCUT2D eigenvalue weighted by atomic mass is 19.4. The van der Waals surface area contributed by atoms with Gasteiger partial charge in [0, 0.05) is 54.5 Å². The average Bonchev–Trinajstić information content (AvgIpc) is 3.76. The molecule has 1 aliphatic heterocycles. The molecule has 13 heteroatoms. The number of hydrogen-bond acceptors (Lipinski definition) is 8. The van der Waals surface area contributed by atoms with Crippen molar-refractivity contribution in [3.8, 4) is 28.7 Å². The predicted octanol–water partition coefficient (Wildman–Crippen LogP) is 5.33. The Balaban J connectivity index is 1.12. The zero-order valence-corrected chi connectivity index (χ0v) is 25.3. The van der Waals surface area contributed by atoms with E-state index in [0.717, 1.165) is 56.2 Å². The number of rotatable bonds is 7. The summed E-state index contributed by atoms with van der Waals surface area (Å²) in [4.78, 5) is 37.6. The van der Waals surface area contributed by atoms with Crippen LogP contribution in [0.4, 0.5) is 13.2 Å². The smallest absolute Gasteiger partial charge is 0.434 e. The standard InChI is InChI=1S/C33H31F3N8O2/c1-42-16-32(17-42)11-23(12-32)43-15-24(33(34,35)36)40-29(43)21-5-3-19(4-6-21)14-44-25(45)10-9-22-13-37-28(41-30(22)44)26-27(20-7-8-20)38-18-39-31(26)46-2/h3-6,9-10,13,15,18,20,23H,7-8,11-12,14,16-17H2,1-2H3. The van der Waals surface area contributed by atoms with Gasteiger partial charge in [-0.15, -0.1) is 0 Å². The highest BCUT2D eigenvalue weighted by molar-refractivity contribution is 5.78. The van der Waals surface area contributed by atoms with Crippen molar-refractivity contribution < 1.29 is 17.9 Å². The van der Waals surface area contributed by atoms with E-state index in [2.05, 4.69) is 31.9 Å². The first kappa shape index (κ1) is 28.8. The molecule has 2 aliphatic carbocycles. The van der Waals surface area contributed by atoms with E-state index in [1.807, 2.05) is 12.1 Å². The molecule has 3 fully saturated rings. The molecule has 1 spiro atoms. The van der Waals surface area contributed by atoms with Gasteiger partial charge in [-0.1, -0.05) is 24.3 Å². The summed E-state index contributed by atoms with van der Waals surface area (Å²) >= 11 is 0. The van der Waals surface area contributed by atoms with Gasteiger partial charge in [0.15, 0.2) is 11.5 Å². The van der Waals surface area contributed by atoms with Crippen molar-refractivity contribution in [2.75, 3.05) is 27.2 Å². The number of benzene rings is 1. The quantitative estimate of drug-likeness (QED) is 0.238. The molecular weight excluding hydrogens is 597 g/mol. The van der Waals surface area contributed by atoms with Gasteiger partial charge < -0.3 is 14.2 Å². The highest BCUT2D eigenvalue weighted by Crippen LogP contribution is 2.54. The van der Waals surface area contributed by atoms with Crippen LogP contribution in [0.2, 0.25) is 0 Å². The van der Waals surface area contributed by atoms with Gasteiger partial charge in [0.2, 0.25) is 5.88 Å². The van der Waals surface area contributed by atoms with Crippen LogP contribution in [0, 0.1) is 5.41 Å². The molecule has 0 N–H and O–H groups in total. The maximum Gasteiger partial charge on any atom is 0.434 e. The summed E-state index contributed by atoms with van der Waals surface area (Å²) in [6, 6.07) is 10.3. The fourth-order valence-electron chi connectivity index (χ4n) is 7.22. The molecule has 8 rings (SSSR count). The second kappa shape index (κ2) is 10.4. The van der Waals surface area contributed by atoms with Crippen LogP contribution in [-0.4, -0.2) is 66.2 Å². The Morgan fingerprint density at radius 2 is 1.76 bits per heavy atom. The van der Waals surface area contributed by atoms with Crippen molar-refractivity contribution in [2.24, 2.45) is 5.41 Å². The number of ether oxygens (including phenoxy) is 1. The van der Waals surface area contributed by atoms with Gasteiger partial charge in [-0.2, -0.15) is 13.2 Å². The monoisotopic (exact) mass is 628 g/mol.